The van der Waals surface area contributed by atoms with Crippen LogP contribution in [0.5, 0.6) is 11.5 Å². The van der Waals surface area contributed by atoms with Crippen molar-refractivity contribution in [3.63, 3.8) is 0 Å². The number of rotatable bonds is 4. The second kappa shape index (κ2) is 5.64. The molecule has 22 heavy (non-hydrogen) atoms. The minimum Gasteiger partial charge on any atom is -0.493 e. The van der Waals surface area contributed by atoms with Crippen LogP contribution in [-0.4, -0.2) is 24.8 Å². The highest BCUT2D eigenvalue weighted by atomic mass is 16.5. The van der Waals surface area contributed by atoms with Crippen LogP contribution in [0.4, 0.5) is 0 Å². The molecule has 0 saturated heterocycles. The second-order valence-electron chi connectivity index (χ2n) is 4.88. The summed E-state index contributed by atoms with van der Waals surface area (Å²) in [5, 5.41) is 0. The van der Waals surface area contributed by atoms with Gasteiger partial charge >= 0.3 is 0 Å². The van der Waals surface area contributed by atoms with Crippen molar-refractivity contribution in [2.45, 2.75) is 13.8 Å². The first kappa shape index (κ1) is 14.3. The van der Waals surface area contributed by atoms with Gasteiger partial charge in [-0.2, -0.15) is 0 Å². The third-order valence-electron chi connectivity index (χ3n) is 3.60. The molecule has 0 spiro atoms. The van der Waals surface area contributed by atoms with Gasteiger partial charge in [0.2, 0.25) is 0 Å². The number of carbonyl (C=O) groups is 2. The zero-order valence-corrected chi connectivity index (χ0v) is 12.5. The minimum absolute atomic E-state index is 0.199. The highest BCUT2D eigenvalue weighted by molar-refractivity contribution is 6.30. The Balaban J connectivity index is 2.23. The van der Waals surface area contributed by atoms with E-state index in [-0.39, 0.29) is 11.6 Å². The number of fused-ring (bicyclic) bond motifs is 2. The molecule has 0 saturated carbocycles. The first-order valence-corrected chi connectivity index (χ1v) is 7.30. The second-order valence-corrected chi connectivity index (χ2v) is 4.88. The third-order valence-corrected chi connectivity index (χ3v) is 3.60. The summed E-state index contributed by atoms with van der Waals surface area (Å²) < 4.78 is 11.0. The van der Waals surface area contributed by atoms with Crippen molar-refractivity contribution >= 4 is 11.6 Å². The summed E-state index contributed by atoms with van der Waals surface area (Å²) in [6.07, 6.45) is 0. The van der Waals surface area contributed by atoms with Crippen LogP contribution in [0.15, 0.2) is 36.4 Å². The predicted octanol–water partition coefficient (Wildman–Crippen LogP) is 3.26. The Kier molecular flexibility index (Phi) is 3.67. The lowest BCUT2D eigenvalue weighted by Crippen LogP contribution is -2.22. The van der Waals surface area contributed by atoms with Gasteiger partial charge in [0.1, 0.15) is 11.5 Å². The molecule has 2 aromatic rings. The van der Waals surface area contributed by atoms with E-state index in [0.29, 0.717) is 47.0 Å². The Hall–Kier alpha value is -2.62. The normalized spacial score (nSPS) is 12.6. The number of benzene rings is 2. The predicted molar refractivity (Wildman–Crippen MR) is 82.1 cm³/mol. The zero-order chi connectivity index (χ0) is 15.7. The van der Waals surface area contributed by atoms with Gasteiger partial charge in [-0.3, -0.25) is 9.59 Å². The van der Waals surface area contributed by atoms with E-state index in [4.69, 9.17) is 9.47 Å². The van der Waals surface area contributed by atoms with E-state index in [0.717, 1.165) is 0 Å². The maximum absolute atomic E-state index is 12.8. The molecule has 0 amide bonds. The molecule has 112 valence electrons. The number of hydrogen-bond donors (Lipinski definition) is 0. The molecule has 0 atom stereocenters. The molecule has 4 heteroatoms. The monoisotopic (exact) mass is 296 g/mol. The van der Waals surface area contributed by atoms with Crippen molar-refractivity contribution in [1.82, 2.24) is 0 Å². The Bertz CT molecular complexity index is 696. The molecule has 1 aliphatic carbocycles. The molecule has 1 aliphatic rings. The molecule has 0 fully saturated rings. The Morgan fingerprint density at radius 1 is 0.727 bits per heavy atom. The molecule has 0 N–H and O–H groups in total. The van der Waals surface area contributed by atoms with Crippen molar-refractivity contribution in [3.8, 4) is 11.5 Å². The third kappa shape index (κ3) is 2.08. The van der Waals surface area contributed by atoms with E-state index in [1.807, 2.05) is 13.8 Å². The van der Waals surface area contributed by atoms with Gasteiger partial charge in [0.05, 0.1) is 24.3 Å². The van der Waals surface area contributed by atoms with Gasteiger partial charge in [0.15, 0.2) is 11.6 Å². The fourth-order valence-electron chi connectivity index (χ4n) is 2.73. The molecule has 0 aliphatic heterocycles. The van der Waals surface area contributed by atoms with Gasteiger partial charge in [0.25, 0.3) is 0 Å². The quantitative estimate of drug-likeness (QED) is 0.741. The van der Waals surface area contributed by atoms with Crippen molar-refractivity contribution < 1.29 is 19.1 Å². The van der Waals surface area contributed by atoms with E-state index in [9.17, 15) is 9.59 Å². The highest BCUT2D eigenvalue weighted by Gasteiger charge is 2.34. The highest BCUT2D eigenvalue weighted by Crippen LogP contribution is 2.36. The Labute approximate surface area is 128 Å². The molecule has 2 aromatic carbocycles. The van der Waals surface area contributed by atoms with Gasteiger partial charge in [-0.25, -0.2) is 0 Å². The summed E-state index contributed by atoms with van der Waals surface area (Å²) in [6, 6.07) is 10.2. The lowest BCUT2D eigenvalue weighted by Gasteiger charge is -2.21. The van der Waals surface area contributed by atoms with Crippen molar-refractivity contribution in [1.29, 1.82) is 0 Å². The molecule has 4 nitrogen and oxygen atoms in total. The first-order chi connectivity index (χ1) is 10.7. The average molecular weight is 296 g/mol. The SMILES string of the molecule is CCOc1cccc2c1C(=O)c1cccc(OCC)c1C2=O. The van der Waals surface area contributed by atoms with Crippen LogP contribution in [-0.2, 0) is 0 Å². The summed E-state index contributed by atoms with van der Waals surface area (Å²) in [7, 11) is 0. The summed E-state index contributed by atoms with van der Waals surface area (Å²) in [4.78, 5) is 25.6. The summed E-state index contributed by atoms with van der Waals surface area (Å²) >= 11 is 0. The largest absolute Gasteiger partial charge is 0.493 e. The molecule has 0 radical (unpaired) electrons. The van der Waals surface area contributed by atoms with Crippen LogP contribution in [0.25, 0.3) is 0 Å². The van der Waals surface area contributed by atoms with Crippen LogP contribution >= 0.6 is 0 Å². The zero-order valence-electron chi connectivity index (χ0n) is 12.5. The number of ketones is 2. The molecular weight excluding hydrogens is 280 g/mol. The molecule has 0 aromatic heterocycles. The Morgan fingerprint density at radius 3 is 1.50 bits per heavy atom. The van der Waals surface area contributed by atoms with E-state index in [1.54, 1.807) is 36.4 Å². The van der Waals surface area contributed by atoms with Crippen LogP contribution in [0.2, 0.25) is 0 Å². The number of ether oxygens (including phenoxy) is 2. The molecule has 0 heterocycles. The van der Waals surface area contributed by atoms with Crippen molar-refractivity contribution in [3.05, 3.63) is 58.7 Å². The van der Waals surface area contributed by atoms with Crippen LogP contribution in [0, 0.1) is 0 Å². The van der Waals surface area contributed by atoms with Crippen molar-refractivity contribution in [2.75, 3.05) is 13.2 Å². The van der Waals surface area contributed by atoms with Crippen molar-refractivity contribution in [2.24, 2.45) is 0 Å². The van der Waals surface area contributed by atoms with Gasteiger partial charge in [-0.15, -0.1) is 0 Å². The van der Waals surface area contributed by atoms with Gasteiger partial charge < -0.3 is 9.47 Å². The topological polar surface area (TPSA) is 52.6 Å². The van der Waals surface area contributed by atoms with E-state index >= 15 is 0 Å². The fraction of sp³-hybridized carbons (Fsp3) is 0.222. The molecule has 0 unspecified atom stereocenters. The summed E-state index contributed by atoms with van der Waals surface area (Å²) in [5.74, 6) is 0.502. The van der Waals surface area contributed by atoms with Gasteiger partial charge in [0, 0.05) is 11.1 Å². The van der Waals surface area contributed by atoms with E-state index < -0.39 is 0 Å². The Morgan fingerprint density at radius 2 is 1.14 bits per heavy atom. The van der Waals surface area contributed by atoms with E-state index in [2.05, 4.69) is 0 Å². The molecule has 0 bridgehead atoms. The van der Waals surface area contributed by atoms with Crippen LogP contribution in [0.1, 0.15) is 45.7 Å². The van der Waals surface area contributed by atoms with Crippen LogP contribution < -0.4 is 9.47 Å². The van der Waals surface area contributed by atoms with E-state index in [1.165, 1.54) is 0 Å². The number of carbonyl (C=O) groups excluding carboxylic acids is 2. The molecule has 3 rings (SSSR count). The smallest absolute Gasteiger partial charge is 0.198 e. The molecular formula is C18H16O4. The summed E-state index contributed by atoms with van der Waals surface area (Å²) in [5.41, 5.74) is 1.43. The maximum atomic E-state index is 12.8. The lowest BCUT2D eigenvalue weighted by molar-refractivity contribution is 0.0972. The standard InChI is InChI=1S/C18H16O4/c1-3-21-13-9-5-7-11-15(13)17(19)12-8-6-10-14(22-4-2)16(12)18(11)20/h5-10H,3-4H2,1-2H3. The minimum atomic E-state index is -0.199. The number of hydrogen-bond acceptors (Lipinski definition) is 4. The van der Waals surface area contributed by atoms with Gasteiger partial charge in [-0.1, -0.05) is 24.3 Å². The maximum Gasteiger partial charge on any atom is 0.198 e. The van der Waals surface area contributed by atoms with Gasteiger partial charge in [-0.05, 0) is 26.0 Å². The summed E-state index contributed by atoms with van der Waals surface area (Å²) in [6.45, 7) is 4.55. The first-order valence-electron chi connectivity index (χ1n) is 7.30. The fourth-order valence-corrected chi connectivity index (χ4v) is 2.73. The lowest BCUT2D eigenvalue weighted by atomic mass is 9.83. The average Bonchev–Trinajstić information content (AvgIpc) is 2.53. The van der Waals surface area contributed by atoms with Crippen LogP contribution in [0.3, 0.4) is 0 Å².